The van der Waals surface area contributed by atoms with Crippen LogP contribution in [0.2, 0.25) is 5.02 Å². The number of benzene rings is 3. The molecule has 7 nitrogen and oxygen atoms in total. The average molecular weight is 600 g/mol. The van der Waals surface area contributed by atoms with E-state index in [-0.39, 0.29) is 11.4 Å². The molecule has 3 aromatic carbocycles. The lowest BCUT2D eigenvalue weighted by molar-refractivity contribution is -0.139. The van der Waals surface area contributed by atoms with Crippen LogP contribution in [0.25, 0.3) is 0 Å². The van der Waals surface area contributed by atoms with Gasteiger partial charge in [0.1, 0.15) is 18.4 Å². The van der Waals surface area contributed by atoms with Crippen molar-refractivity contribution in [3.05, 3.63) is 94.3 Å². The summed E-state index contributed by atoms with van der Waals surface area (Å²) in [6.45, 7) is 1.97. The number of anilines is 1. The fourth-order valence-electron chi connectivity index (χ4n) is 3.83. The average Bonchev–Trinajstić information content (AvgIpc) is 2.90. The Morgan fingerprint density at radius 2 is 1.60 bits per heavy atom. The molecule has 1 N–H and O–H groups in total. The van der Waals surface area contributed by atoms with Crippen molar-refractivity contribution in [1.29, 1.82) is 0 Å². The first-order valence-corrected chi connectivity index (χ1v) is 13.7. The van der Waals surface area contributed by atoms with Crippen molar-refractivity contribution in [2.45, 2.75) is 37.5 Å². The highest BCUT2D eigenvalue weighted by atomic mass is 35.5. The standard InChI is InChI=1S/C27H26ClF4N3O4S/c1-17-4-11-22(12-5-17)40(38,39)35(21-10-13-24(28)23(14-21)27(30,31)32)16-25(36)34(18(2)26(37)33-3)15-19-6-8-20(29)9-7-19/h4-14,18H,15-16H2,1-3H3,(H,33,37)/t18-/m0/s1. The molecule has 0 aliphatic rings. The van der Waals surface area contributed by atoms with E-state index in [2.05, 4.69) is 5.32 Å². The van der Waals surface area contributed by atoms with Crippen LogP contribution in [0.3, 0.4) is 0 Å². The summed E-state index contributed by atoms with van der Waals surface area (Å²) in [4.78, 5) is 26.9. The molecule has 40 heavy (non-hydrogen) atoms. The molecule has 13 heteroatoms. The minimum absolute atomic E-state index is 0.208. The molecular formula is C27H26ClF4N3O4S. The molecular weight excluding hydrogens is 574 g/mol. The van der Waals surface area contributed by atoms with Gasteiger partial charge < -0.3 is 10.2 Å². The monoisotopic (exact) mass is 599 g/mol. The first kappa shape index (κ1) is 30.9. The summed E-state index contributed by atoms with van der Waals surface area (Å²) >= 11 is 5.75. The zero-order valence-corrected chi connectivity index (χ0v) is 23.2. The number of amides is 2. The number of sulfonamides is 1. The smallest absolute Gasteiger partial charge is 0.357 e. The third-order valence-electron chi connectivity index (χ3n) is 6.11. The van der Waals surface area contributed by atoms with Crippen LogP contribution in [0.5, 0.6) is 0 Å². The number of hydrogen-bond donors (Lipinski definition) is 1. The van der Waals surface area contributed by atoms with Gasteiger partial charge >= 0.3 is 6.18 Å². The van der Waals surface area contributed by atoms with Crippen LogP contribution in [0.15, 0.2) is 71.6 Å². The van der Waals surface area contributed by atoms with Gasteiger partial charge in [-0.1, -0.05) is 41.4 Å². The number of hydrogen-bond acceptors (Lipinski definition) is 4. The molecule has 0 unspecified atom stereocenters. The van der Waals surface area contributed by atoms with E-state index in [1.165, 1.54) is 50.4 Å². The molecule has 2 amide bonds. The highest BCUT2D eigenvalue weighted by Crippen LogP contribution is 2.38. The number of carbonyl (C=O) groups is 2. The number of nitrogens with one attached hydrogen (secondary N) is 1. The predicted molar refractivity (Wildman–Crippen MR) is 143 cm³/mol. The summed E-state index contributed by atoms with van der Waals surface area (Å²) in [6, 6.07) is 12.0. The highest BCUT2D eigenvalue weighted by Gasteiger charge is 2.36. The fourth-order valence-corrected chi connectivity index (χ4v) is 5.46. The Morgan fingerprint density at radius 3 is 2.15 bits per heavy atom. The van der Waals surface area contributed by atoms with Crippen molar-refractivity contribution in [3.8, 4) is 0 Å². The maximum Gasteiger partial charge on any atom is 0.417 e. The second-order valence-corrected chi connectivity index (χ2v) is 11.2. The molecule has 0 spiro atoms. The maximum absolute atomic E-state index is 13.7. The first-order valence-electron chi connectivity index (χ1n) is 11.9. The van der Waals surface area contributed by atoms with Crippen LogP contribution in [0.4, 0.5) is 23.2 Å². The molecule has 0 aliphatic carbocycles. The van der Waals surface area contributed by atoms with Crippen molar-refractivity contribution < 1.29 is 35.6 Å². The third-order valence-corrected chi connectivity index (χ3v) is 8.23. The van der Waals surface area contributed by atoms with E-state index in [9.17, 15) is 35.6 Å². The summed E-state index contributed by atoms with van der Waals surface area (Å²) in [5.41, 5.74) is -0.577. The fraction of sp³-hybridized carbons (Fsp3) is 0.259. The molecule has 0 heterocycles. The van der Waals surface area contributed by atoms with Gasteiger partial charge in [-0.25, -0.2) is 12.8 Å². The van der Waals surface area contributed by atoms with Gasteiger partial charge in [0.25, 0.3) is 10.0 Å². The van der Waals surface area contributed by atoms with E-state index in [1.54, 1.807) is 6.92 Å². The van der Waals surface area contributed by atoms with E-state index in [4.69, 9.17) is 11.6 Å². The molecule has 0 aromatic heterocycles. The second-order valence-electron chi connectivity index (χ2n) is 8.92. The third kappa shape index (κ3) is 7.11. The minimum atomic E-state index is -4.90. The zero-order valence-electron chi connectivity index (χ0n) is 21.7. The van der Waals surface area contributed by atoms with Crippen LogP contribution in [-0.2, 0) is 32.3 Å². The molecule has 1 atom stereocenters. The largest absolute Gasteiger partial charge is 0.417 e. The van der Waals surface area contributed by atoms with Crippen LogP contribution < -0.4 is 9.62 Å². The van der Waals surface area contributed by atoms with E-state index >= 15 is 0 Å². The zero-order chi connectivity index (χ0) is 29.8. The normalized spacial score (nSPS) is 12.5. The molecule has 0 bridgehead atoms. The van der Waals surface area contributed by atoms with E-state index in [0.717, 1.165) is 34.7 Å². The number of carbonyl (C=O) groups excluding carboxylic acids is 2. The van der Waals surface area contributed by atoms with E-state index in [1.807, 2.05) is 0 Å². The SMILES string of the molecule is CNC(=O)[C@H](C)N(Cc1ccc(F)cc1)C(=O)CN(c1ccc(Cl)c(C(F)(F)F)c1)S(=O)(=O)c1ccc(C)cc1. The van der Waals surface area contributed by atoms with Crippen LogP contribution in [0, 0.1) is 12.7 Å². The van der Waals surface area contributed by atoms with Gasteiger partial charge in [-0.3, -0.25) is 13.9 Å². The number of halogens is 5. The number of likely N-dealkylation sites (N-methyl/N-ethyl adjacent to an activating group) is 1. The second kappa shape index (κ2) is 12.3. The molecule has 214 valence electrons. The van der Waals surface area contributed by atoms with Crippen molar-refractivity contribution in [1.82, 2.24) is 10.2 Å². The lowest BCUT2D eigenvalue weighted by atomic mass is 10.1. The van der Waals surface area contributed by atoms with Crippen molar-refractivity contribution in [2.24, 2.45) is 0 Å². The minimum Gasteiger partial charge on any atom is -0.357 e. The summed E-state index contributed by atoms with van der Waals surface area (Å²) in [5.74, 6) is -1.99. The Morgan fingerprint density at radius 1 is 1.00 bits per heavy atom. The van der Waals surface area contributed by atoms with Gasteiger partial charge in [0.05, 0.1) is 21.2 Å². The van der Waals surface area contributed by atoms with Gasteiger partial charge in [-0.2, -0.15) is 13.2 Å². The molecule has 0 saturated carbocycles. The first-order chi connectivity index (χ1) is 18.6. The summed E-state index contributed by atoms with van der Waals surface area (Å²) in [7, 11) is -3.23. The molecule has 3 aromatic rings. The van der Waals surface area contributed by atoms with Crippen LogP contribution in [-0.4, -0.2) is 44.8 Å². The quantitative estimate of drug-likeness (QED) is 0.344. The number of alkyl halides is 3. The lowest BCUT2D eigenvalue weighted by Crippen LogP contribution is -2.50. The maximum atomic E-state index is 13.7. The van der Waals surface area contributed by atoms with Gasteiger partial charge in [0.2, 0.25) is 11.8 Å². The van der Waals surface area contributed by atoms with Crippen molar-refractivity contribution in [2.75, 3.05) is 17.9 Å². The summed E-state index contributed by atoms with van der Waals surface area (Å²) < 4.78 is 82.4. The Balaban J connectivity index is 2.12. The van der Waals surface area contributed by atoms with Gasteiger partial charge in [0.15, 0.2) is 0 Å². The molecule has 0 aliphatic heterocycles. The highest BCUT2D eigenvalue weighted by molar-refractivity contribution is 7.92. The Bertz CT molecular complexity index is 1480. The van der Waals surface area contributed by atoms with Gasteiger partial charge in [-0.15, -0.1) is 0 Å². The van der Waals surface area contributed by atoms with E-state index < -0.39 is 62.7 Å². The number of rotatable bonds is 9. The predicted octanol–water partition coefficient (Wildman–Crippen LogP) is 5.16. The summed E-state index contributed by atoms with van der Waals surface area (Å²) in [5, 5.41) is 1.76. The molecule has 3 rings (SSSR count). The summed E-state index contributed by atoms with van der Waals surface area (Å²) in [6.07, 6.45) is -4.90. The van der Waals surface area contributed by atoms with Crippen molar-refractivity contribution in [3.63, 3.8) is 0 Å². The molecule has 0 saturated heterocycles. The lowest BCUT2D eigenvalue weighted by Gasteiger charge is -2.32. The number of aryl methyl sites for hydroxylation is 1. The topological polar surface area (TPSA) is 86.8 Å². The van der Waals surface area contributed by atoms with Crippen LogP contribution >= 0.6 is 11.6 Å². The Hall–Kier alpha value is -3.64. The Labute approximate surface area is 234 Å². The van der Waals surface area contributed by atoms with Gasteiger partial charge in [-0.05, 0) is 61.9 Å². The van der Waals surface area contributed by atoms with Gasteiger partial charge in [0, 0.05) is 13.6 Å². The van der Waals surface area contributed by atoms with Crippen LogP contribution in [0.1, 0.15) is 23.6 Å². The van der Waals surface area contributed by atoms with Crippen molar-refractivity contribution >= 4 is 39.1 Å². The molecule has 0 radical (unpaired) electrons. The molecule has 0 fully saturated rings. The van der Waals surface area contributed by atoms with E-state index in [0.29, 0.717) is 15.9 Å². The Kier molecular flexibility index (Phi) is 9.47. The number of nitrogens with zero attached hydrogens (tertiary/aromatic N) is 2.